The molecule has 12 heavy (non-hydrogen) atoms. The molecule has 0 spiro atoms. The second-order valence-corrected chi connectivity index (χ2v) is 2.45. The van der Waals surface area contributed by atoms with Crippen LogP contribution in [0, 0.1) is 0 Å². The molecule has 2 rings (SSSR count). The van der Waals surface area contributed by atoms with Gasteiger partial charge in [0.15, 0.2) is 11.5 Å². The number of nitrogen functional groups attached to an aromatic ring is 1. The molecule has 0 amide bonds. The first-order chi connectivity index (χ1) is 5.79. The van der Waals surface area contributed by atoms with Crippen molar-refractivity contribution >= 4 is 11.3 Å². The monoisotopic (exact) mass is 164 g/mol. The third-order valence-electron chi connectivity index (χ3n) is 1.55. The summed E-state index contributed by atoms with van der Waals surface area (Å²) in [5.41, 5.74) is 6.82. The quantitative estimate of drug-likeness (QED) is 0.612. The summed E-state index contributed by atoms with van der Waals surface area (Å²) in [6, 6.07) is 3.43. The number of hydrogen-bond donors (Lipinski definition) is 2. The molecule has 62 valence electrons. The van der Waals surface area contributed by atoms with Gasteiger partial charge in [0.25, 0.3) is 0 Å². The Hall–Kier alpha value is -1.62. The highest BCUT2D eigenvalue weighted by atomic mass is 16.3. The molecular weight excluding hydrogens is 156 g/mol. The van der Waals surface area contributed by atoms with Crippen molar-refractivity contribution in [3.63, 3.8) is 0 Å². The van der Waals surface area contributed by atoms with Crippen LogP contribution in [-0.4, -0.2) is 19.7 Å². The molecule has 0 saturated heterocycles. The molecule has 0 aromatic carbocycles. The Morgan fingerprint density at radius 3 is 3.17 bits per heavy atom. The normalized spacial score (nSPS) is 10.8. The fourth-order valence-electron chi connectivity index (χ4n) is 1.01. The number of aromatic nitrogens is 3. The highest BCUT2D eigenvalue weighted by Crippen LogP contribution is 2.06. The van der Waals surface area contributed by atoms with E-state index in [0.29, 0.717) is 17.2 Å². The van der Waals surface area contributed by atoms with E-state index in [1.54, 1.807) is 22.8 Å². The minimum absolute atomic E-state index is 0.151. The Morgan fingerprint density at radius 1 is 1.58 bits per heavy atom. The van der Waals surface area contributed by atoms with Gasteiger partial charge in [-0.25, -0.2) is 9.50 Å². The topological polar surface area (TPSA) is 76.4 Å². The van der Waals surface area contributed by atoms with Crippen molar-refractivity contribution in [2.45, 2.75) is 6.61 Å². The number of aliphatic hydroxyl groups is 1. The lowest BCUT2D eigenvalue weighted by Gasteiger charge is -1.91. The number of hydrogen-bond acceptors (Lipinski definition) is 4. The zero-order chi connectivity index (χ0) is 8.55. The second-order valence-electron chi connectivity index (χ2n) is 2.45. The predicted octanol–water partition coefficient (Wildman–Crippen LogP) is -0.196. The molecule has 0 radical (unpaired) electrons. The van der Waals surface area contributed by atoms with E-state index in [9.17, 15) is 0 Å². The van der Waals surface area contributed by atoms with Crippen LogP contribution in [0.2, 0.25) is 0 Å². The summed E-state index contributed by atoms with van der Waals surface area (Å²) in [5, 5.41) is 12.7. The molecule has 0 bridgehead atoms. The predicted molar refractivity (Wildman–Crippen MR) is 43.3 cm³/mol. The maximum Gasteiger partial charge on any atom is 0.177 e. The van der Waals surface area contributed by atoms with Gasteiger partial charge in [0, 0.05) is 18.0 Å². The standard InChI is InChI=1S/C7H8N4O/c8-5-1-2-11-7(3-5)9-6(4-12)10-11/h1-3,12H,4,8H2. The van der Waals surface area contributed by atoms with Crippen LogP contribution < -0.4 is 5.73 Å². The fourth-order valence-corrected chi connectivity index (χ4v) is 1.01. The number of pyridine rings is 1. The second kappa shape index (κ2) is 2.46. The van der Waals surface area contributed by atoms with Gasteiger partial charge < -0.3 is 10.8 Å². The van der Waals surface area contributed by atoms with Crippen LogP contribution in [0.15, 0.2) is 18.3 Å². The molecule has 0 aliphatic rings. The van der Waals surface area contributed by atoms with Gasteiger partial charge in [0.05, 0.1) is 0 Å². The van der Waals surface area contributed by atoms with Crippen molar-refractivity contribution < 1.29 is 5.11 Å². The lowest BCUT2D eigenvalue weighted by Crippen LogP contribution is -1.90. The van der Waals surface area contributed by atoms with Crippen LogP contribution in [0.1, 0.15) is 5.82 Å². The van der Waals surface area contributed by atoms with Gasteiger partial charge in [-0.2, -0.15) is 0 Å². The average molecular weight is 164 g/mol. The van der Waals surface area contributed by atoms with Gasteiger partial charge in [0.2, 0.25) is 0 Å². The molecule has 5 heteroatoms. The molecule has 5 nitrogen and oxygen atoms in total. The molecule has 3 N–H and O–H groups in total. The molecule has 2 heterocycles. The summed E-state index contributed by atoms with van der Waals surface area (Å²) in [5.74, 6) is 0.403. The van der Waals surface area contributed by atoms with E-state index < -0.39 is 0 Å². The first kappa shape index (κ1) is 7.05. The fraction of sp³-hybridized carbons (Fsp3) is 0.143. The van der Waals surface area contributed by atoms with Crippen LogP contribution in [0.5, 0.6) is 0 Å². The van der Waals surface area contributed by atoms with E-state index in [0.717, 1.165) is 0 Å². The van der Waals surface area contributed by atoms with E-state index in [-0.39, 0.29) is 6.61 Å². The number of anilines is 1. The molecular formula is C7H8N4O. The van der Waals surface area contributed by atoms with Crippen molar-refractivity contribution in [1.29, 1.82) is 0 Å². The van der Waals surface area contributed by atoms with Crippen molar-refractivity contribution in [3.8, 4) is 0 Å². The number of fused-ring (bicyclic) bond motifs is 1. The molecule has 0 atom stereocenters. The molecule has 2 aromatic heterocycles. The Morgan fingerprint density at radius 2 is 2.42 bits per heavy atom. The van der Waals surface area contributed by atoms with Crippen LogP contribution in [-0.2, 0) is 6.61 Å². The minimum Gasteiger partial charge on any atom is -0.399 e. The number of nitrogens with zero attached hydrogens (tertiary/aromatic N) is 3. The molecule has 0 saturated carbocycles. The maximum atomic E-state index is 8.74. The third kappa shape index (κ3) is 0.998. The minimum atomic E-state index is -0.151. The molecule has 0 fully saturated rings. The van der Waals surface area contributed by atoms with E-state index in [4.69, 9.17) is 10.8 Å². The Balaban J connectivity index is 2.67. The lowest BCUT2D eigenvalue weighted by atomic mass is 10.4. The number of aliphatic hydroxyl groups excluding tert-OH is 1. The van der Waals surface area contributed by atoms with Gasteiger partial charge in [-0.3, -0.25) is 0 Å². The van der Waals surface area contributed by atoms with E-state index in [2.05, 4.69) is 10.1 Å². The summed E-state index contributed by atoms with van der Waals surface area (Å²) >= 11 is 0. The van der Waals surface area contributed by atoms with Gasteiger partial charge >= 0.3 is 0 Å². The Labute approximate surface area is 68.5 Å². The van der Waals surface area contributed by atoms with E-state index >= 15 is 0 Å². The molecule has 0 aliphatic carbocycles. The lowest BCUT2D eigenvalue weighted by molar-refractivity contribution is 0.271. The van der Waals surface area contributed by atoms with Gasteiger partial charge in [0.1, 0.15) is 6.61 Å². The highest BCUT2D eigenvalue weighted by Gasteiger charge is 2.00. The average Bonchev–Trinajstić information content (AvgIpc) is 2.46. The van der Waals surface area contributed by atoms with Gasteiger partial charge in [-0.1, -0.05) is 0 Å². The summed E-state index contributed by atoms with van der Waals surface area (Å²) in [6.07, 6.45) is 1.71. The summed E-state index contributed by atoms with van der Waals surface area (Å²) in [6.45, 7) is -0.151. The van der Waals surface area contributed by atoms with Crippen LogP contribution >= 0.6 is 0 Å². The van der Waals surface area contributed by atoms with Crippen LogP contribution in [0.3, 0.4) is 0 Å². The van der Waals surface area contributed by atoms with Crippen LogP contribution in [0.25, 0.3) is 5.65 Å². The summed E-state index contributed by atoms with van der Waals surface area (Å²) in [7, 11) is 0. The molecule has 0 unspecified atom stereocenters. The Kier molecular flexibility index (Phi) is 1.44. The van der Waals surface area contributed by atoms with Gasteiger partial charge in [-0.05, 0) is 6.07 Å². The SMILES string of the molecule is Nc1ccn2nc(CO)nc2c1. The Bertz CT molecular complexity index is 409. The smallest absolute Gasteiger partial charge is 0.177 e. The van der Waals surface area contributed by atoms with Crippen LogP contribution in [0.4, 0.5) is 5.69 Å². The van der Waals surface area contributed by atoms with E-state index in [1.165, 1.54) is 0 Å². The first-order valence-corrected chi connectivity index (χ1v) is 3.51. The third-order valence-corrected chi connectivity index (χ3v) is 1.55. The molecule has 0 aliphatic heterocycles. The van der Waals surface area contributed by atoms with Crippen molar-refractivity contribution in [3.05, 3.63) is 24.2 Å². The number of nitrogens with two attached hydrogens (primary N) is 1. The van der Waals surface area contributed by atoms with Gasteiger partial charge in [-0.15, -0.1) is 5.10 Å². The summed E-state index contributed by atoms with van der Waals surface area (Å²) < 4.78 is 1.57. The number of rotatable bonds is 1. The highest BCUT2D eigenvalue weighted by molar-refractivity contribution is 5.50. The first-order valence-electron chi connectivity index (χ1n) is 3.51. The molecule has 2 aromatic rings. The van der Waals surface area contributed by atoms with E-state index in [1.807, 2.05) is 0 Å². The largest absolute Gasteiger partial charge is 0.399 e. The van der Waals surface area contributed by atoms with Crippen molar-refractivity contribution in [2.24, 2.45) is 0 Å². The zero-order valence-electron chi connectivity index (χ0n) is 6.31. The summed E-state index contributed by atoms with van der Waals surface area (Å²) in [4.78, 5) is 4.01. The van der Waals surface area contributed by atoms with Crippen molar-refractivity contribution in [2.75, 3.05) is 5.73 Å². The zero-order valence-corrected chi connectivity index (χ0v) is 6.31. The van der Waals surface area contributed by atoms with Crippen molar-refractivity contribution in [1.82, 2.24) is 14.6 Å². The maximum absolute atomic E-state index is 8.74.